The normalized spacial score (nSPS) is 10.7. The Bertz CT molecular complexity index is 860. The highest BCUT2D eigenvalue weighted by Gasteiger charge is 2.14. The first-order chi connectivity index (χ1) is 13.2. The lowest BCUT2D eigenvalue weighted by Gasteiger charge is -2.08. The van der Waals surface area contributed by atoms with Crippen LogP contribution in [0, 0.1) is 0 Å². The summed E-state index contributed by atoms with van der Waals surface area (Å²) in [4.78, 5) is 13.4. The third kappa shape index (κ3) is 5.11. The molecule has 0 saturated carbocycles. The SMILES string of the molecule is CCn1c(SCC(=O)NCCc2cccs2)nnc1-c1ccc(OC)cc1. The van der Waals surface area contributed by atoms with Gasteiger partial charge in [0.1, 0.15) is 5.75 Å². The van der Waals surface area contributed by atoms with Gasteiger partial charge in [0, 0.05) is 23.5 Å². The molecule has 2 aromatic heterocycles. The van der Waals surface area contributed by atoms with Crippen molar-refractivity contribution in [3.63, 3.8) is 0 Å². The molecule has 3 rings (SSSR count). The van der Waals surface area contributed by atoms with Gasteiger partial charge in [0.2, 0.25) is 5.91 Å². The van der Waals surface area contributed by atoms with Gasteiger partial charge < -0.3 is 14.6 Å². The van der Waals surface area contributed by atoms with Crippen molar-refractivity contribution in [1.29, 1.82) is 0 Å². The lowest BCUT2D eigenvalue weighted by atomic mass is 10.2. The summed E-state index contributed by atoms with van der Waals surface area (Å²) >= 11 is 3.11. The van der Waals surface area contributed by atoms with Crippen molar-refractivity contribution >= 4 is 29.0 Å². The van der Waals surface area contributed by atoms with Crippen LogP contribution in [0.4, 0.5) is 0 Å². The summed E-state index contributed by atoms with van der Waals surface area (Å²) in [6.45, 7) is 3.43. The zero-order valence-corrected chi connectivity index (χ0v) is 17.0. The van der Waals surface area contributed by atoms with E-state index in [1.807, 2.05) is 47.2 Å². The van der Waals surface area contributed by atoms with Crippen LogP contribution >= 0.6 is 23.1 Å². The second kappa shape index (κ2) is 9.57. The number of thioether (sulfide) groups is 1. The van der Waals surface area contributed by atoms with Gasteiger partial charge in [0.05, 0.1) is 12.9 Å². The van der Waals surface area contributed by atoms with E-state index in [1.165, 1.54) is 16.6 Å². The molecule has 2 heterocycles. The fraction of sp³-hybridized carbons (Fsp3) is 0.316. The number of ether oxygens (including phenoxy) is 1. The molecule has 0 fully saturated rings. The number of nitrogens with one attached hydrogen (secondary N) is 1. The maximum Gasteiger partial charge on any atom is 0.230 e. The zero-order chi connectivity index (χ0) is 19.1. The van der Waals surface area contributed by atoms with Crippen molar-refractivity contribution in [2.75, 3.05) is 19.4 Å². The number of nitrogens with zero attached hydrogens (tertiary/aromatic N) is 3. The van der Waals surface area contributed by atoms with Crippen molar-refractivity contribution < 1.29 is 9.53 Å². The van der Waals surface area contributed by atoms with Crippen LogP contribution in [0.3, 0.4) is 0 Å². The molecule has 0 bridgehead atoms. The summed E-state index contributed by atoms with van der Waals surface area (Å²) in [6, 6.07) is 11.8. The number of hydrogen-bond donors (Lipinski definition) is 1. The third-order valence-corrected chi connectivity index (χ3v) is 5.89. The number of hydrogen-bond acceptors (Lipinski definition) is 6. The molecule has 0 aliphatic rings. The Hall–Kier alpha value is -2.32. The average molecular weight is 403 g/mol. The molecule has 3 aromatic rings. The second-order valence-electron chi connectivity index (χ2n) is 5.75. The molecular formula is C19H22N4O2S2. The molecule has 0 saturated heterocycles. The summed E-state index contributed by atoms with van der Waals surface area (Å²) in [5, 5.41) is 14.3. The van der Waals surface area contributed by atoms with Gasteiger partial charge in [0.15, 0.2) is 11.0 Å². The molecule has 0 aliphatic carbocycles. The van der Waals surface area contributed by atoms with E-state index in [4.69, 9.17) is 4.74 Å². The van der Waals surface area contributed by atoms with E-state index in [9.17, 15) is 4.79 Å². The van der Waals surface area contributed by atoms with Crippen molar-refractivity contribution in [3.05, 3.63) is 46.7 Å². The third-order valence-electron chi connectivity index (χ3n) is 3.99. The van der Waals surface area contributed by atoms with Gasteiger partial charge >= 0.3 is 0 Å². The van der Waals surface area contributed by atoms with Crippen LogP contribution in [0.5, 0.6) is 5.75 Å². The minimum absolute atomic E-state index is 0.00760. The monoisotopic (exact) mass is 402 g/mol. The molecule has 6 nitrogen and oxygen atoms in total. The number of benzene rings is 1. The quantitative estimate of drug-likeness (QED) is 0.555. The van der Waals surface area contributed by atoms with Gasteiger partial charge in [-0.05, 0) is 49.1 Å². The van der Waals surface area contributed by atoms with Crippen LogP contribution in [-0.4, -0.2) is 40.1 Å². The minimum Gasteiger partial charge on any atom is -0.497 e. The van der Waals surface area contributed by atoms with E-state index < -0.39 is 0 Å². The number of aromatic nitrogens is 3. The Morgan fingerprint density at radius 3 is 2.74 bits per heavy atom. The Kier molecular flexibility index (Phi) is 6.89. The maximum absolute atomic E-state index is 12.1. The first-order valence-corrected chi connectivity index (χ1v) is 10.6. The summed E-state index contributed by atoms with van der Waals surface area (Å²) < 4.78 is 7.22. The van der Waals surface area contributed by atoms with Crippen molar-refractivity contribution in [3.8, 4) is 17.1 Å². The molecule has 0 spiro atoms. The average Bonchev–Trinajstić information content (AvgIpc) is 3.36. The van der Waals surface area contributed by atoms with Crippen LogP contribution in [0.25, 0.3) is 11.4 Å². The predicted octanol–water partition coefficient (Wildman–Crippen LogP) is 3.49. The van der Waals surface area contributed by atoms with Gasteiger partial charge in [-0.15, -0.1) is 21.5 Å². The molecule has 27 heavy (non-hydrogen) atoms. The molecular weight excluding hydrogens is 380 g/mol. The lowest BCUT2D eigenvalue weighted by molar-refractivity contribution is -0.118. The Morgan fingerprint density at radius 2 is 2.07 bits per heavy atom. The zero-order valence-electron chi connectivity index (χ0n) is 15.3. The van der Waals surface area contributed by atoms with Crippen molar-refractivity contribution in [2.45, 2.75) is 25.0 Å². The molecule has 1 N–H and O–H groups in total. The second-order valence-corrected chi connectivity index (χ2v) is 7.72. The van der Waals surface area contributed by atoms with Gasteiger partial charge in [0.25, 0.3) is 0 Å². The first kappa shape index (κ1) is 19.4. The largest absolute Gasteiger partial charge is 0.497 e. The van der Waals surface area contributed by atoms with Crippen LogP contribution in [0.2, 0.25) is 0 Å². The number of thiophene rings is 1. The highest BCUT2D eigenvalue weighted by molar-refractivity contribution is 7.99. The fourth-order valence-corrected chi connectivity index (χ4v) is 4.14. The highest BCUT2D eigenvalue weighted by Crippen LogP contribution is 2.25. The Labute approximate surface area is 167 Å². The van der Waals surface area contributed by atoms with Crippen LogP contribution < -0.4 is 10.1 Å². The number of amides is 1. The van der Waals surface area contributed by atoms with E-state index in [1.54, 1.807) is 18.4 Å². The van der Waals surface area contributed by atoms with Crippen LogP contribution in [0.15, 0.2) is 46.9 Å². The summed E-state index contributed by atoms with van der Waals surface area (Å²) in [5.74, 6) is 1.93. The smallest absolute Gasteiger partial charge is 0.230 e. The molecule has 0 unspecified atom stereocenters. The minimum atomic E-state index is 0.00760. The lowest BCUT2D eigenvalue weighted by Crippen LogP contribution is -2.27. The Morgan fingerprint density at radius 1 is 1.26 bits per heavy atom. The summed E-state index contributed by atoms with van der Waals surface area (Å²) in [7, 11) is 1.64. The van der Waals surface area contributed by atoms with Gasteiger partial charge in [-0.2, -0.15) is 0 Å². The van der Waals surface area contributed by atoms with E-state index >= 15 is 0 Å². The van der Waals surface area contributed by atoms with E-state index in [0.717, 1.165) is 35.3 Å². The van der Waals surface area contributed by atoms with E-state index in [2.05, 4.69) is 21.6 Å². The predicted molar refractivity (Wildman–Crippen MR) is 109 cm³/mol. The highest BCUT2D eigenvalue weighted by atomic mass is 32.2. The molecule has 1 aromatic carbocycles. The fourth-order valence-electron chi connectivity index (χ4n) is 2.60. The standard InChI is InChI=1S/C19H22N4O2S2/c1-3-23-18(14-6-8-15(25-2)9-7-14)21-22-19(23)27-13-17(24)20-11-10-16-5-4-12-26-16/h4-9,12H,3,10-11,13H2,1-2H3,(H,20,24). The molecule has 8 heteroatoms. The number of rotatable bonds is 9. The molecule has 142 valence electrons. The molecule has 0 atom stereocenters. The number of carbonyl (C=O) groups excluding carboxylic acids is 1. The van der Waals surface area contributed by atoms with Crippen molar-refractivity contribution in [2.24, 2.45) is 0 Å². The van der Waals surface area contributed by atoms with Crippen LogP contribution in [-0.2, 0) is 17.8 Å². The topological polar surface area (TPSA) is 69.0 Å². The first-order valence-electron chi connectivity index (χ1n) is 8.70. The molecule has 1 amide bonds. The van der Waals surface area contributed by atoms with Gasteiger partial charge in [-0.25, -0.2) is 0 Å². The van der Waals surface area contributed by atoms with Gasteiger partial charge in [-0.1, -0.05) is 17.8 Å². The summed E-state index contributed by atoms with van der Waals surface area (Å²) in [6.07, 6.45) is 0.862. The molecule has 0 radical (unpaired) electrons. The number of methoxy groups -OCH3 is 1. The summed E-state index contributed by atoms with van der Waals surface area (Å²) in [5.41, 5.74) is 0.970. The molecule has 0 aliphatic heterocycles. The van der Waals surface area contributed by atoms with Gasteiger partial charge in [-0.3, -0.25) is 4.79 Å². The van der Waals surface area contributed by atoms with Crippen LogP contribution in [0.1, 0.15) is 11.8 Å². The van der Waals surface area contributed by atoms with E-state index in [0.29, 0.717) is 12.3 Å². The number of carbonyl (C=O) groups is 1. The van der Waals surface area contributed by atoms with Crippen molar-refractivity contribution in [1.82, 2.24) is 20.1 Å². The Balaban J connectivity index is 1.56. The maximum atomic E-state index is 12.1. The van der Waals surface area contributed by atoms with E-state index in [-0.39, 0.29) is 5.91 Å².